The Labute approximate surface area is 105 Å². The molecule has 1 aliphatic rings. The molecule has 0 bridgehead atoms. The predicted octanol–water partition coefficient (Wildman–Crippen LogP) is 2.69. The lowest BCUT2D eigenvalue weighted by Gasteiger charge is -2.35. The number of carbonyl (C=O) groups excluding carboxylic acids is 1. The molecule has 1 aromatic rings. The van der Waals surface area contributed by atoms with Crippen molar-refractivity contribution in [3.05, 3.63) is 22.4 Å². The lowest BCUT2D eigenvalue weighted by Crippen LogP contribution is -2.44. The second-order valence-corrected chi connectivity index (χ2v) is 5.52. The highest BCUT2D eigenvalue weighted by molar-refractivity contribution is 7.10. The number of hydrogen-bond acceptors (Lipinski definition) is 4. The van der Waals surface area contributed by atoms with Crippen molar-refractivity contribution in [1.29, 1.82) is 0 Å². The van der Waals surface area contributed by atoms with Gasteiger partial charge in [0.25, 0.3) is 0 Å². The van der Waals surface area contributed by atoms with Crippen LogP contribution in [0.4, 0.5) is 0 Å². The molecule has 0 aromatic carbocycles. The summed E-state index contributed by atoms with van der Waals surface area (Å²) in [6.07, 6.45) is 5.13. The quantitative estimate of drug-likeness (QED) is 0.844. The first-order valence-corrected chi connectivity index (χ1v) is 6.92. The number of ether oxygens (including phenoxy) is 1. The third-order valence-corrected chi connectivity index (χ3v) is 4.58. The van der Waals surface area contributed by atoms with E-state index in [1.165, 1.54) is 24.9 Å². The van der Waals surface area contributed by atoms with Crippen LogP contribution in [0.3, 0.4) is 0 Å². The number of hydrogen-bond donors (Lipinski definition) is 1. The molecular formula is C13H18O3S. The first-order chi connectivity index (χ1) is 8.19. The Morgan fingerprint density at radius 3 is 2.71 bits per heavy atom. The van der Waals surface area contributed by atoms with Crippen LogP contribution in [0, 0.1) is 5.92 Å². The van der Waals surface area contributed by atoms with Crippen molar-refractivity contribution in [2.75, 3.05) is 7.11 Å². The van der Waals surface area contributed by atoms with Crippen molar-refractivity contribution in [3.63, 3.8) is 0 Å². The maximum atomic E-state index is 12.0. The summed E-state index contributed by atoms with van der Waals surface area (Å²) >= 11 is 1.42. The fourth-order valence-corrected chi connectivity index (χ4v) is 3.53. The van der Waals surface area contributed by atoms with E-state index in [0.717, 1.165) is 25.7 Å². The smallest absolute Gasteiger partial charge is 0.343 e. The first-order valence-electron chi connectivity index (χ1n) is 6.04. The van der Waals surface area contributed by atoms with E-state index in [9.17, 15) is 9.90 Å². The molecule has 4 heteroatoms. The molecular weight excluding hydrogens is 236 g/mol. The van der Waals surface area contributed by atoms with Gasteiger partial charge in [-0.15, -0.1) is 11.3 Å². The van der Waals surface area contributed by atoms with Gasteiger partial charge in [0, 0.05) is 10.8 Å². The molecule has 1 N–H and O–H groups in total. The molecule has 1 aliphatic carbocycles. The van der Waals surface area contributed by atoms with Gasteiger partial charge in [-0.25, -0.2) is 4.79 Å². The zero-order valence-corrected chi connectivity index (χ0v) is 10.8. The highest BCUT2D eigenvalue weighted by atomic mass is 32.1. The van der Waals surface area contributed by atoms with Gasteiger partial charge in [-0.05, 0) is 24.3 Å². The number of methoxy groups -OCH3 is 1. The van der Waals surface area contributed by atoms with E-state index in [4.69, 9.17) is 4.74 Å². The minimum absolute atomic E-state index is 0.0117. The Morgan fingerprint density at radius 1 is 1.47 bits per heavy atom. The van der Waals surface area contributed by atoms with Crippen LogP contribution in [0.2, 0.25) is 0 Å². The second-order valence-electron chi connectivity index (χ2n) is 4.57. The van der Waals surface area contributed by atoms with Gasteiger partial charge in [0.1, 0.15) is 0 Å². The van der Waals surface area contributed by atoms with Crippen molar-refractivity contribution in [1.82, 2.24) is 0 Å². The van der Waals surface area contributed by atoms with Gasteiger partial charge in [-0.3, -0.25) is 0 Å². The SMILES string of the molecule is COC(=O)[C@@](O)(c1cccs1)C1CCCCC1. The van der Waals surface area contributed by atoms with Crippen LogP contribution in [0.1, 0.15) is 37.0 Å². The van der Waals surface area contributed by atoms with Crippen molar-refractivity contribution < 1.29 is 14.6 Å². The van der Waals surface area contributed by atoms with Crippen LogP contribution in [0.5, 0.6) is 0 Å². The topological polar surface area (TPSA) is 46.5 Å². The summed E-state index contributed by atoms with van der Waals surface area (Å²) in [7, 11) is 1.34. The normalized spacial score (nSPS) is 20.8. The van der Waals surface area contributed by atoms with E-state index in [2.05, 4.69) is 0 Å². The first kappa shape index (κ1) is 12.6. The van der Waals surface area contributed by atoms with Crippen molar-refractivity contribution in [2.24, 2.45) is 5.92 Å². The lowest BCUT2D eigenvalue weighted by atomic mass is 9.76. The molecule has 1 aromatic heterocycles. The highest BCUT2D eigenvalue weighted by Crippen LogP contribution is 2.41. The summed E-state index contributed by atoms with van der Waals surface area (Å²) in [6, 6.07) is 3.67. The van der Waals surface area contributed by atoms with Crippen LogP contribution in [-0.2, 0) is 15.1 Å². The summed E-state index contributed by atoms with van der Waals surface area (Å²) in [4.78, 5) is 12.7. The zero-order valence-electron chi connectivity index (χ0n) is 10.0. The highest BCUT2D eigenvalue weighted by Gasteiger charge is 2.47. The standard InChI is InChI=1S/C13H18O3S/c1-16-12(14)13(15,11-8-5-9-17-11)10-6-3-2-4-7-10/h5,8-10,15H,2-4,6-7H2,1H3/t13-/m0/s1. The van der Waals surface area contributed by atoms with E-state index < -0.39 is 11.6 Å². The summed E-state index contributed by atoms with van der Waals surface area (Å²) in [5.41, 5.74) is -1.44. The molecule has 0 radical (unpaired) electrons. The molecule has 0 amide bonds. The largest absolute Gasteiger partial charge is 0.467 e. The van der Waals surface area contributed by atoms with E-state index in [-0.39, 0.29) is 5.92 Å². The maximum Gasteiger partial charge on any atom is 0.343 e. The van der Waals surface area contributed by atoms with Crippen LogP contribution in [0.25, 0.3) is 0 Å². The Kier molecular flexibility index (Phi) is 3.84. The zero-order chi connectivity index (χ0) is 12.3. The molecule has 0 spiro atoms. The monoisotopic (exact) mass is 254 g/mol. The van der Waals surface area contributed by atoms with Crippen molar-refractivity contribution in [3.8, 4) is 0 Å². The van der Waals surface area contributed by atoms with Crippen LogP contribution in [0.15, 0.2) is 17.5 Å². The van der Waals surface area contributed by atoms with Crippen LogP contribution >= 0.6 is 11.3 Å². The average molecular weight is 254 g/mol. The van der Waals surface area contributed by atoms with E-state index >= 15 is 0 Å². The number of esters is 1. The lowest BCUT2D eigenvalue weighted by molar-refractivity contribution is -0.171. The third-order valence-electron chi connectivity index (χ3n) is 3.59. The Balaban J connectivity index is 2.32. The van der Waals surface area contributed by atoms with Crippen LogP contribution < -0.4 is 0 Å². The number of carbonyl (C=O) groups is 1. The molecule has 17 heavy (non-hydrogen) atoms. The average Bonchev–Trinajstić information content (AvgIpc) is 2.92. The summed E-state index contributed by atoms with van der Waals surface area (Å²) in [5.74, 6) is -0.533. The van der Waals surface area contributed by atoms with Crippen molar-refractivity contribution in [2.45, 2.75) is 37.7 Å². The van der Waals surface area contributed by atoms with Gasteiger partial charge < -0.3 is 9.84 Å². The van der Waals surface area contributed by atoms with E-state index in [1.807, 2.05) is 17.5 Å². The minimum Gasteiger partial charge on any atom is -0.467 e. The van der Waals surface area contributed by atoms with Gasteiger partial charge in [0.15, 0.2) is 5.60 Å². The number of rotatable bonds is 3. The summed E-state index contributed by atoms with van der Waals surface area (Å²) < 4.78 is 4.81. The Morgan fingerprint density at radius 2 is 2.18 bits per heavy atom. The van der Waals surface area contributed by atoms with Gasteiger partial charge in [0.2, 0.25) is 0 Å². The molecule has 3 nitrogen and oxygen atoms in total. The molecule has 1 fully saturated rings. The minimum atomic E-state index is -1.44. The van der Waals surface area contributed by atoms with Gasteiger partial charge in [-0.2, -0.15) is 0 Å². The molecule has 2 rings (SSSR count). The second kappa shape index (κ2) is 5.19. The van der Waals surface area contributed by atoms with Crippen LogP contribution in [-0.4, -0.2) is 18.2 Å². The molecule has 94 valence electrons. The molecule has 0 aliphatic heterocycles. The number of aliphatic hydroxyl groups is 1. The molecule has 1 heterocycles. The summed E-state index contributed by atoms with van der Waals surface area (Å²) in [5, 5.41) is 12.7. The van der Waals surface area contributed by atoms with Gasteiger partial charge in [-0.1, -0.05) is 25.3 Å². The van der Waals surface area contributed by atoms with Gasteiger partial charge in [0.05, 0.1) is 7.11 Å². The van der Waals surface area contributed by atoms with Crippen molar-refractivity contribution >= 4 is 17.3 Å². The van der Waals surface area contributed by atoms with E-state index in [0.29, 0.717) is 4.88 Å². The fraction of sp³-hybridized carbons (Fsp3) is 0.615. The Hall–Kier alpha value is -0.870. The molecule has 1 atom stereocenters. The van der Waals surface area contributed by atoms with E-state index in [1.54, 1.807) is 0 Å². The fourth-order valence-electron chi connectivity index (χ4n) is 2.64. The third kappa shape index (κ3) is 2.24. The summed E-state index contributed by atoms with van der Waals surface area (Å²) in [6.45, 7) is 0. The maximum absolute atomic E-state index is 12.0. The molecule has 1 saturated carbocycles. The predicted molar refractivity (Wildman–Crippen MR) is 66.8 cm³/mol. The Bertz CT molecular complexity index is 368. The molecule has 0 saturated heterocycles. The van der Waals surface area contributed by atoms with Gasteiger partial charge >= 0.3 is 5.97 Å². The molecule has 0 unspecified atom stereocenters. The number of thiophene rings is 1.